The van der Waals surface area contributed by atoms with Crippen LogP contribution in [-0.4, -0.2) is 53.1 Å². The molecule has 0 unspecified atom stereocenters. The van der Waals surface area contributed by atoms with Crippen LogP contribution in [0.3, 0.4) is 0 Å². The Bertz CT molecular complexity index is 694. The van der Waals surface area contributed by atoms with Gasteiger partial charge in [0.15, 0.2) is 5.82 Å². The third-order valence-corrected chi connectivity index (χ3v) is 5.14. The monoisotopic (exact) mass is 323 g/mol. The van der Waals surface area contributed by atoms with Crippen LogP contribution in [0.4, 0.5) is 5.82 Å². The highest BCUT2D eigenvalue weighted by atomic mass is 15.2. The summed E-state index contributed by atoms with van der Waals surface area (Å²) in [6.07, 6.45) is 9.69. The first kappa shape index (κ1) is 15.5. The molecule has 24 heavy (non-hydrogen) atoms. The molecule has 5 nitrogen and oxygen atoms in total. The number of aryl methyl sites for hydroxylation is 1. The van der Waals surface area contributed by atoms with Gasteiger partial charge in [-0.05, 0) is 57.3 Å². The molecule has 5 heteroatoms. The molecule has 0 amide bonds. The molecule has 126 valence electrons. The summed E-state index contributed by atoms with van der Waals surface area (Å²) in [4.78, 5) is 18.8. The van der Waals surface area contributed by atoms with E-state index in [1.165, 1.54) is 43.6 Å². The molecule has 2 aromatic rings. The van der Waals surface area contributed by atoms with Crippen molar-refractivity contribution >= 4 is 5.82 Å². The fourth-order valence-corrected chi connectivity index (χ4v) is 3.76. The maximum Gasteiger partial charge on any atom is 0.163 e. The van der Waals surface area contributed by atoms with Crippen molar-refractivity contribution in [3.63, 3.8) is 0 Å². The summed E-state index contributed by atoms with van der Waals surface area (Å²) in [5, 5.41) is 0. The normalized spacial score (nSPS) is 17.2. The fourth-order valence-electron chi connectivity index (χ4n) is 3.76. The zero-order valence-corrected chi connectivity index (χ0v) is 14.4. The molecule has 4 rings (SSSR count). The molecule has 0 saturated carbocycles. The van der Waals surface area contributed by atoms with Crippen molar-refractivity contribution in [2.75, 3.05) is 38.1 Å². The van der Waals surface area contributed by atoms with E-state index in [0.717, 1.165) is 43.1 Å². The molecule has 1 aliphatic carbocycles. The number of pyridine rings is 1. The number of likely N-dealkylation sites (tertiary alicyclic amines) is 1. The number of aromatic nitrogens is 3. The summed E-state index contributed by atoms with van der Waals surface area (Å²) in [5.41, 5.74) is 3.58. The first-order valence-corrected chi connectivity index (χ1v) is 9.05. The number of fused-ring (bicyclic) bond motifs is 1. The van der Waals surface area contributed by atoms with Gasteiger partial charge in [0.1, 0.15) is 5.82 Å². The first-order valence-electron chi connectivity index (χ1n) is 9.05. The molecule has 0 bridgehead atoms. The minimum Gasteiger partial charge on any atom is -0.358 e. The molecule has 1 saturated heterocycles. The van der Waals surface area contributed by atoms with E-state index < -0.39 is 0 Å². The van der Waals surface area contributed by atoms with Crippen molar-refractivity contribution in [3.8, 4) is 11.4 Å². The SMILES string of the molecule is CN(CCN1CCCC1)c1nc(-c2cccnc2)nc2c1CCC2. The lowest BCUT2D eigenvalue weighted by Crippen LogP contribution is -2.32. The Morgan fingerprint density at radius 3 is 2.79 bits per heavy atom. The Morgan fingerprint density at radius 1 is 1.12 bits per heavy atom. The number of nitrogens with zero attached hydrogens (tertiary/aromatic N) is 5. The van der Waals surface area contributed by atoms with E-state index in [1.54, 1.807) is 6.20 Å². The van der Waals surface area contributed by atoms with Crippen molar-refractivity contribution < 1.29 is 0 Å². The predicted molar refractivity (Wildman–Crippen MR) is 96.2 cm³/mol. The smallest absolute Gasteiger partial charge is 0.163 e. The number of hydrogen-bond donors (Lipinski definition) is 0. The summed E-state index contributed by atoms with van der Waals surface area (Å²) >= 11 is 0. The Morgan fingerprint density at radius 2 is 2.00 bits per heavy atom. The molecule has 0 aromatic carbocycles. The highest BCUT2D eigenvalue weighted by Crippen LogP contribution is 2.30. The second-order valence-corrected chi connectivity index (χ2v) is 6.86. The van der Waals surface area contributed by atoms with Crippen LogP contribution in [0.5, 0.6) is 0 Å². The zero-order valence-electron chi connectivity index (χ0n) is 14.4. The molecular weight excluding hydrogens is 298 g/mol. The van der Waals surface area contributed by atoms with Gasteiger partial charge in [0, 0.05) is 49.4 Å². The lowest BCUT2D eigenvalue weighted by atomic mass is 10.2. The molecule has 0 radical (unpaired) electrons. The summed E-state index contributed by atoms with van der Waals surface area (Å²) in [6, 6.07) is 3.99. The van der Waals surface area contributed by atoms with E-state index in [4.69, 9.17) is 9.97 Å². The molecule has 3 heterocycles. The minimum atomic E-state index is 0.812. The van der Waals surface area contributed by atoms with Crippen molar-refractivity contribution in [1.29, 1.82) is 0 Å². The summed E-state index contributed by atoms with van der Waals surface area (Å²) in [7, 11) is 2.17. The van der Waals surface area contributed by atoms with Crippen LogP contribution in [0, 0.1) is 0 Å². The Balaban J connectivity index is 1.60. The van der Waals surface area contributed by atoms with E-state index in [-0.39, 0.29) is 0 Å². The quantitative estimate of drug-likeness (QED) is 0.846. The summed E-state index contributed by atoms with van der Waals surface area (Å²) < 4.78 is 0. The van der Waals surface area contributed by atoms with Gasteiger partial charge < -0.3 is 9.80 Å². The van der Waals surface area contributed by atoms with Crippen molar-refractivity contribution in [1.82, 2.24) is 19.9 Å². The number of likely N-dealkylation sites (N-methyl/N-ethyl adjacent to an activating group) is 1. The third kappa shape index (κ3) is 3.13. The van der Waals surface area contributed by atoms with Crippen LogP contribution in [0.1, 0.15) is 30.5 Å². The van der Waals surface area contributed by atoms with E-state index in [9.17, 15) is 0 Å². The number of anilines is 1. The third-order valence-electron chi connectivity index (χ3n) is 5.14. The summed E-state index contributed by atoms with van der Waals surface area (Å²) in [5.74, 6) is 1.93. The lowest BCUT2D eigenvalue weighted by molar-refractivity contribution is 0.346. The molecule has 2 aliphatic rings. The number of rotatable bonds is 5. The van der Waals surface area contributed by atoms with E-state index in [0.29, 0.717) is 0 Å². The van der Waals surface area contributed by atoms with Crippen LogP contribution in [-0.2, 0) is 12.8 Å². The van der Waals surface area contributed by atoms with Crippen LogP contribution in [0.15, 0.2) is 24.5 Å². The van der Waals surface area contributed by atoms with Gasteiger partial charge in [0.25, 0.3) is 0 Å². The second-order valence-electron chi connectivity index (χ2n) is 6.86. The fraction of sp³-hybridized carbons (Fsp3) is 0.526. The van der Waals surface area contributed by atoms with Gasteiger partial charge in [-0.25, -0.2) is 9.97 Å². The Hall–Kier alpha value is -2.01. The lowest BCUT2D eigenvalue weighted by Gasteiger charge is -2.24. The van der Waals surface area contributed by atoms with Gasteiger partial charge >= 0.3 is 0 Å². The molecule has 1 fully saturated rings. The maximum atomic E-state index is 4.92. The number of hydrogen-bond acceptors (Lipinski definition) is 5. The van der Waals surface area contributed by atoms with Gasteiger partial charge in [0.2, 0.25) is 0 Å². The van der Waals surface area contributed by atoms with Gasteiger partial charge in [-0.3, -0.25) is 4.98 Å². The van der Waals surface area contributed by atoms with Crippen LogP contribution in [0.25, 0.3) is 11.4 Å². The predicted octanol–water partition coefficient (Wildman–Crippen LogP) is 2.56. The van der Waals surface area contributed by atoms with Gasteiger partial charge in [0.05, 0.1) is 0 Å². The summed E-state index contributed by atoms with van der Waals surface area (Å²) in [6.45, 7) is 4.64. The van der Waals surface area contributed by atoms with Crippen molar-refractivity contribution in [2.45, 2.75) is 32.1 Å². The molecule has 2 aromatic heterocycles. The highest BCUT2D eigenvalue weighted by molar-refractivity contribution is 5.60. The largest absolute Gasteiger partial charge is 0.358 e. The van der Waals surface area contributed by atoms with E-state index in [2.05, 4.69) is 21.8 Å². The molecule has 0 spiro atoms. The Kier molecular flexibility index (Phi) is 4.43. The Labute approximate surface area is 143 Å². The first-order chi connectivity index (χ1) is 11.8. The molecule has 0 N–H and O–H groups in total. The molecule has 0 atom stereocenters. The molecule has 1 aliphatic heterocycles. The van der Waals surface area contributed by atoms with Crippen molar-refractivity contribution in [2.24, 2.45) is 0 Å². The van der Waals surface area contributed by atoms with E-state index >= 15 is 0 Å². The average Bonchev–Trinajstić information content (AvgIpc) is 3.31. The maximum absolute atomic E-state index is 4.92. The van der Waals surface area contributed by atoms with E-state index in [1.807, 2.05) is 18.3 Å². The van der Waals surface area contributed by atoms with Crippen LogP contribution >= 0.6 is 0 Å². The average molecular weight is 323 g/mol. The van der Waals surface area contributed by atoms with Gasteiger partial charge in [-0.2, -0.15) is 0 Å². The molecular formula is C19H25N5. The topological polar surface area (TPSA) is 45.2 Å². The standard InChI is InChI=1S/C19H25N5/c1-23(12-13-24-10-2-3-11-24)19-16-7-4-8-17(16)21-18(22-19)15-6-5-9-20-14-15/h5-6,9,14H,2-4,7-8,10-13H2,1H3. The van der Waals surface area contributed by atoms with Crippen LogP contribution in [0.2, 0.25) is 0 Å². The van der Waals surface area contributed by atoms with Gasteiger partial charge in [-0.15, -0.1) is 0 Å². The van der Waals surface area contributed by atoms with Crippen molar-refractivity contribution in [3.05, 3.63) is 35.8 Å². The highest BCUT2D eigenvalue weighted by Gasteiger charge is 2.22. The second kappa shape index (κ2) is 6.85. The van der Waals surface area contributed by atoms with Crippen LogP contribution < -0.4 is 4.90 Å². The van der Waals surface area contributed by atoms with Gasteiger partial charge in [-0.1, -0.05) is 0 Å². The minimum absolute atomic E-state index is 0.812. The zero-order chi connectivity index (χ0) is 16.4.